The lowest BCUT2D eigenvalue weighted by Gasteiger charge is -2.12. The van der Waals surface area contributed by atoms with E-state index in [0.717, 1.165) is 11.3 Å². The average molecular weight is 383 g/mol. The molecule has 0 aromatic carbocycles. The first-order chi connectivity index (χ1) is 10.7. The Hall–Kier alpha value is -1.05. The van der Waals surface area contributed by atoms with Crippen molar-refractivity contribution >= 4 is 37.4 Å². The summed E-state index contributed by atoms with van der Waals surface area (Å²) in [6.45, 7) is 0.659. The number of carboxylic acids is 1. The van der Waals surface area contributed by atoms with Crippen molar-refractivity contribution in [2.75, 3.05) is 25.9 Å². The Morgan fingerprint density at radius 3 is 2.65 bits per heavy atom. The number of thiophene rings is 1. The van der Waals surface area contributed by atoms with Gasteiger partial charge in [-0.15, -0.1) is 11.3 Å². The summed E-state index contributed by atoms with van der Waals surface area (Å²) in [6.07, 6.45) is 0.442. The molecule has 0 atom stereocenters. The number of hydrogen-bond acceptors (Lipinski definition) is 7. The second-order valence-corrected chi connectivity index (χ2v) is 9.93. The molecule has 1 aliphatic rings. The second-order valence-electron chi connectivity index (χ2n) is 4.82. The highest BCUT2D eigenvalue weighted by atomic mass is 32.2. The van der Waals surface area contributed by atoms with Gasteiger partial charge in [0, 0.05) is 18.0 Å². The van der Waals surface area contributed by atoms with Crippen LogP contribution < -0.4 is 14.8 Å². The van der Waals surface area contributed by atoms with Crippen molar-refractivity contribution in [1.29, 1.82) is 0 Å². The molecule has 0 amide bonds. The van der Waals surface area contributed by atoms with Gasteiger partial charge < -0.3 is 10.4 Å². The van der Waals surface area contributed by atoms with Crippen LogP contribution >= 0.6 is 11.3 Å². The van der Waals surface area contributed by atoms with Gasteiger partial charge in [-0.05, 0) is 25.6 Å². The Labute approximate surface area is 138 Å². The van der Waals surface area contributed by atoms with Gasteiger partial charge in [-0.25, -0.2) is 31.1 Å². The molecular weight excluding hydrogens is 366 g/mol. The minimum atomic E-state index is -4.09. The molecule has 12 heteroatoms. The van der Waals surface area contributed by atoms with Crippen LogP contribution in [0.15, 0.2) is 4.21 Å². The fraction of sp³-hybridized carbons (Fsp3) is 0.545. The summed E-state index contributed by atoms with van der Waals surface area (Å²) < 4.78 is 51.3. The van der Waals surface area contributed by atoms with Gasteiger partial charge in [0.2, 0.25) is 10.0 Å². The van der Waals surface area contributed by atoms with Crippen LogP contribution in [0.1, 0.15) is 20.8 Å². The standard InChI is InChI=1S/C11H17N3O6S3/c1-12-22(17,18)5-4-14-23(19,20)11-9(10(15)16)7-2-3-13-6-8(7)21-11/h12-14H,2-6H2,1H3,(H,15,16). The van der Waals surface area contributed by atoms with Gasteiger partial charge >= 0.3 is 5.97 Å². The minimum absolute atomic E-state index is 0.213. The smallest absolute Gasteiger partial charge is 0.338 e. The Bertz CT molecular complexity index is 812. The molecule has 1 aliphatic heterocycles. The third kappa shape index (κ3) is 4.08. The maximum atomic E-state index is 12.3. The average Bonchev–Trinajstić information content (AvgIpc) is 2.87. The van der Waals surface area contributed by atoms with Gasteiger partial charge in [0.05, 0.1) is 11.3 Å². The number of hydrogen-bond donors (Lipinski definition) is 4. The fourth-order valence-electron chi connectivity index (χ4n) is 2.19. The first-order valence-electron chi connectivity index (χ1n) is 6.67. The van der Waals surface area contributed by atoms with Gasteiger partial charge in [-0.2, -0.15) is 0 Å². The van der Waals surface area contributed by atoms with Gasteiger partial charge in [-0.3, -0.25) is 0 Å². The molecule has 4 N–H and O–H groups in total. The van der Waals surface area contributed by atoms with Crippen molar-refractivity contribution in [3.05, 3.63) is 16.0 Å². The van der Waals surface area contributed by atoms with Crippen molar-refractivity contribution in [2.24, 2.45) is 0 Å². The molecule has 0 saturated carbocycles. The van der Waals surface area contributed by atoms with Crippen molar-refractivity contribution in [3.63, 3.8) is 0 Å². The third-order valence-electron chi connectivity index (χ3n) is 3.33. The number of sulfonamides is 2. The molecule has 130 valence electrons. The van der Waals surface area contributed by atoms with E-state index in [1.54, 1.807) is 0 Å². The molecule has 1 aromatic heterocycles. The van der Waals surface area contributed by atoms with Crippen LogP contribution in [0.3, 0.4) is 0 Å². The minimum Gasteiger partial charge on any atom is -0.478 e. The molecule has 23 heavy (non-hydrogen) atoms. The zero-order valence-electron chi connectivity index (χ0n) is 12.2. The third-order valence-corrected chi connectivity index (χ3v) is 7.90. The van der Waals surface area contributed by atoms with E-state index in [1.807, 2.05) is 0 Å². The first-order valence-corrected chi connectivity index (χ1v) is 10.6. The van der Waals surface area contributed by atoms with Crippen LogP contribution in [0.4, 0.5) is 0 Å². The lowest BCUT2D eigenvalue weighted by molar-refractivity contribution is 0.0692. The van der Waals surface area contributed by atoms with Crippen molar-refractivity contribution in [2.45, 2.75) is 17.2 Å². The molecule has 0 saturated heterocycles. The second kappa shape index (κ2) is 6.83. The Morgan fingerprint density at radius 1 is 1.35 bits per heavy atom. The quantitative estimate of drug-likeness (QED) is 0.469. The van der Waals surface area contributed by atoms with Crippen LogP contribution in [-0.2, 0) is 33.0 Å². The molecule has 2 rings (SSSR count). The van der Waals surface area contributed by atoms with Crippen molar-refractivity contribution in [3.8, 4) is 0 Å². The number of carbonyl (C=O) groups is 1. The maximum Gasteiger partial charge on any atom is 0.338 e. The van der Waals surface area contributed by atoms with Crippen LogP contribution in [-0.4, -0.2) is 53.8 Å². The van der Waals surface area contributed by atoms with Crippen LogP contribution in [0, 0.1) is 0 Å². The molecule has 0 radical (unpaired) electrons. The molecule has 2 heterocycles. The fourth-order valence-corrected chi connectivity index (χ4v) is 5.83. The number of nitrogens with one attached hydrogen (secondary N) is 3. The molecule has 9 nitrogen and oxygen atoms in total. The summed E-state index contributed by atoms with van der Waals surface area (Å²) in [5.74, 6) is -1.73. The molecular formula is C11H17N3O6S3. The van der Waals surface area contributed by atoms with Crippen LogP contribution in [0.2, 0.25) is 0 Å². The summed E-state index contributed by atoms with van der Waals surface area (Å²) in [7, 11) is -6.42. The van der Waals surface area contributed by atoms with E-state index in [-0.39, 0.29) is 16.3 Å². The number of fused-ring (bicyclic) bond motifs is 1. The highest BCUT2D eigenvalue weighted by Gasteiger charge is 2.31. The van der Waals surface area contributed by atoms with Crippen LogP contribution in [0.25, 0.3) is 0 Å². The molecule has 0 bridgehead atoms. The van der Waals surface area contributed by atoms with E-state index < -0.39 is 31.8 Å². The predicted molar refractivity (Wildman–Crippen MR) is 84.7 cm³/mol. The molecule has 0 unspecified atom stereocenters. The van der Waals surface area contributed by atoms with Gasteiger partial charge in [0.25, 0.3) is 10.0 Å². The normalized spacial score (nSPS) is 15.3. The molecule has 0 aliphatic carbocycles. The van der Waals surface area contributed by atoms with Gasteiger partial charge in [-0.1, -0.05) is 0 Å². The number of aromatic carboxylic acids is 1. The zero-order valence-corrected chi connectivity index (χ0v) is 14.7. The summed E-state index contributed by atoms with van der Waals surface area (Å²) in [6, 6.07) is 0. The van der Waals surface area contributed by atoms with Crippen molar-refractivity contribution in [1.82, 2.24) is 14.8 Å². The highest BCUT2D eigenvalue weighted by molar-refractivity contribution is 7.92. The van der Waals surface area contributed by atoms with Crippen molar-refractivity contribution < 1.29 is 26.7 Å². The van der Waals surface area contributed by atoms with E-state index >= 15 is 0 Å². The van der Waals surface area contributed by atoms with Gasteiger partial charge in [0.1, 0.15) is 4.21 Å². The lowest BCUT2D eigenvalue weighted by Crippen LogP contribution is -2.33. The van der Waals surface area contributed by atoms with E-state index in [1.165, 1.54) is 7.05 Å². The maximum absolute atomic E-state index is 12.3. The Kier molecular flexibility index (Phi) is 5.43. The topological polar surface area (TPSA) is 142 Å². The van der Waals surface area contributed by atoms with E-state index in [0.29, 0.717) is 30.0 Å². The lowest BCUT2D eigenvalue weighted by atomic mass is 10.1. The SMILES string of the molecule is CNS(=O)(=O)CCNS(=O)(=O)c1sc2c(c1C(=O)O)CCNC2. The summed E-state index contributed by atoms with van der Waals surface area (Å²) in [5.41, 5.74) is 0.319. The summed E-state index contributed by atoms with van der Waals surface area (Å²) in [5, 5.41) is 12.4. The monoisotopic (exact) mass is 383 g/mol. The Morgan fingerprint density at radius 2 is 2.04 bits per heavy atom. The van der Waals surface area contributed by atoms with E-state index in [4.69, 9.17) is 0 Å². The van der Waals surface area contributed by atoms with E-state index in [9.17, 15) is 26.7 Å². The molecule has 0 spiro atoms. The largest absolute Gasteiger partial charge is 0.478 e. The predicted octanol–water partition coefficient (Wildman–Crippen LogP) is -1.08. The van der Waals surface area contributed by atoms with E-state index in [2.05, 4.69) is 14.8 Å². The molecule has 1 aromatic rings. The molecule has 0 fully saturated rings. The first kappa shape index (κ1) is 18.3. The van der Waals surface area contributed by atoms with Crippen LogP contribution in [0.5, 0.6) is 0 Å². The van der Waals surface area contributed by atoms with Gasteiger partial charge in [0.15, 0.2) is 0 Å². The summed E-state index contributed by atoms with van der Waals surface area (Å²) in [4.78, 5) is 12.1. The zero-order chi connectivity index (χ0) is 17.3. The summed E-state index contributed by atoms with van der Waals surface area (Å²) >= 11 is 0.902. The number of rotatable bonds is 7. The Balaban J connectivity index is 2.29. The highest BCUT2D eigenvalue weighted by Crippen LogP contribution is 2.34. The number of carboxylic acid groups (broad SMARTS) is 1.